The zero-order valence-electron chi connectivity index (χ0n) is 13.1. The van der Waals surface area contributed by atoms with Crippen molar-refractivity contribution in [3.63, 3.8) is 0 Å². The zero-order chi connectivity index (χ0) is 17.3. The van der Waals surface area contributed by atoms with E-state index in [1.54, 1.807) is 11.4 Å². The lowest BCUT2D eigenvalue weighted by Crippen LogP contribution is -2.31. The van der Waals surface area contributed by atoms with Crippen molar-refractivity contribution < 1.29 is 17.9 Å². The van der Waals surface area contributed by atoms with Gasteiger partial charge in [0.05, 0.1) is 7.11 Å². The highest BCUT2D eigenvalue weighted by Crippen LogP contribution is 2.33. The molecule has 0 fully saturated rings. The molecule has 1 atom stereocenters. The number of hydrogen-bond donors (Lipinski definition) is 2. The minimum Gasteiger partial charge on any atom is -0.465 e. The number of carbonyl (C=O) groups excluding carboxylic acids is 1. The molecule has 0 spiro atoms. The lowest BCUT2D eigenvalue weighted by atomic mass is 9.88. The van der Waals surface area contributed by atoms with Gasteiger partial charge in [-0.25, -0.2) is 17.9 Å². The van der Waals surface area contributed by atoms with Crippen LogP contribution in [0, 0.1) is 0 Å². The molecular formula is C16H18N2O4S2. The van der Waals surface area contributed by atoms with Gasteiger partial charge >= 0.3 is 5.97 Å². The van der Waals surface area contributed by atoms with Gasteiger partial charge in [0.15, 0.2) is 0 Å². The number of carbonyl (C=O) groups is 1. The molecule has 1 aromatic carbocycles. The molecule has 1 heterocycles. The molecule has 1 unspecified atom stereocenters. The number of rotatable bonds is 4. The van der Waals surface area contributed by atoms with E-state index in [0.29, 0.717) is 12.1 Å². The predicted octanol–water partition coefficient (Wildman–Crippen LogP) is 2.47. The number of esters is 1. The molecule has 128 valence electrons. The second-order valence-electron chi connectivity index (χ2n) is 5.63. The average molecular weight is 366 g/mol. The number of fused-ring (bicyclic) bond motifs is 1. The lowest BCUT2D eigenvalue weighted by molar-refractivity contribution is 0.0602. The number of nitrogens with one attached hydrogen (secondary N) is 1. The van der Waals surface area contributed by atoms with Gasteiger partial charge in [0.2, 0.25) is 10.0 Å². The monoisotopic (exact) mass is 366 g/mol. The van der Waals surface area contributed by atoms with Gasteiger partial charge in [0.1, 0.15) is 9.77 Å². The molecule has 24 heavy (non-hydrogen) atoms. The van der Waals surface area contributed by atoms with E-state index in [0.717, 1.165) is 35.3 Å². The van der Waals surface area contributed by atoms with Crippen molar-refractivity contribution in [1.82, 2.24) is 4.72 Å². The van der Waals surface area contributed by atoms with Crippen LogP contribution >= 0.6 is 11.3 Å². The molecule has 3 N–H and O–H groups in total. The summed E-state index contributed by atoms with van der Waals surface area (Å²) in [6, 6.07) is 6.62. The Morgan fingerprint density at radius 1 is 1.38 bits per heavy atom. The summed E-state index contributed by atoms with van der Waals surface area (Å²) in [5.41, 5.74) is 8.48. The fraction of sp³-hybridized carbons (Fsp3) is 0.312. The average Bonchev–Trinajstić information content (AvgIpc) is 3.04. The predicted molar refractivity (Wildman–Crippen MR) is 92.5 cm³/mol. The summed E-state index contributed by atoms with van der Waals surface area (Å²) in [5.74, 6) is -0.651. The van der Waals surface area contributed by atoms with E-state index < -0.39 is 16.0 Å². The van der Waals surface area contributed by atoms with Crippen molar-refractivity contribution in [2.45, 2.75) is 30.2 Å². The Bertz CT molecular complexity index is 874. The SMILES string of the molecule is COC(=O)c1sccc1S(=O)(=O)NC1CCCc2cc(N)ccc21. The van der Waals surface area contributed by atoms with Gasteiger partial charge < -0.3 is 10.5 Å². The van der Waals surface area contributed by atoms with Crippen molar-refractivity contribution in [3.8, 4) is 0 Å². The minimum absolute atomic E-state index is 0.0399. The molecule has 1 aliphatic carbocycles. The van der Waals surface area contributed by atoms with Crippen LogP contribution in [-0.4, -0.2) is 21.5 Å². The van der Waals surface area contributed by atoms with Crippen molar-refractivity contribution in [2.24, 2.45) is 0 Å². The number of ether oxygens (including phenoxy) is 1. The highest BCUT2D eigenvalue weighted by atomic mass is 32.2. The Kier molecular flexibility index (Phi) is 4.62. The fourth-order valence-corrected chi connectivity index (χ4v) is 5.54. The molecule has 0 amide bonds. The Labute approximate surface area is 144 Å². The second kappa shape index (κ2) is 6.54. The topological polar surface area (TPSA) is 98.5 Å². The van der Waals surface area contributed by atoms with E-state index in [9.17, 15) is 13.2 Å². The van der Waals surface area contributed by atoms with E-state index in [2.05, 4.69) is 9.46 Å². The molecule has 1 aliphatic rings. The molecular weight excluding hydrogens is 348 g/mol. The molecule has 0 saturated carbocycles. The Morgan fingerprint density at radius 3 is 2.92 bits per heavy atom. The molecule has 3 rings (SSSR count). The van der Waals surface area contributed by atoms with Crippen LogP contribution in [0.25, 0.3) is 0 Å². The van der Waals surface area contributed by atoms with Gasteiger partial charge in [-0.15, -0.1) is 11.3 Å². The summed E-state index contributed by atoms with van der Waals surface area (Å²) < 4.78 is 32.9. The fourth-order valence-electron chi connectivity index (χ4n) is 2.96. The Balaban J connectivity index is 1.92. The summed E-state index contributed by atoms with van der Waals surface area (Å²) in [4.78, 5) is 11.8. The van der Waals surface area contributed by atoms with Gasteiger partial charge in [-0.05, 0) is 54.0 Å². The third kappa shape index (κ3) is 3.17. The van der Waals surface area contributed by atoms with Crippen LogP contribution in [0.4, 0.5) is 5.69 Å². The summed E-state index contributed by atoms with van der Waals surface area (Å²) in [7, 11) is -2.60. The number of hydrogen-bond acceptors (Lipinski definition) is 6. The second-order valence-corrected chi connectivity index (χ2v) is 8.23. The van der Waals surface area contributed by atoms with Crippen molar-refractivity contribution >= 4 is 33.0 Å². The van der Waals surface area contributed by atoms with Crippen molar-refractivity contribution in [1.29, 1.82) is 0 Å². The van der Waals surface area contributed by atoms with Crippen molar-refractivity contribution in [2.75, 3.05) is 12.8 Å². The number of benzene rings is 1. The molecule has 0 saturated heterocycles. The lowest BCUT2D eigenvalue weighted by Gasteiger charge is -2.26. The molecule has 8 heteroatoms. The largest absolute Gasteiger partial charge is 0.465 e. The Hall–Kier alpha value is -1.90. The Morgan fingerprint density at radius 2 is 2.17 bits per heavy atom. The van der Waals surface area contributed by atoms with Gasteiger partial charge in [0, 0.05) is 11.7 Å². The molecule has 1 aromatic heterocycles. The van der Waals surface area contributed by atoms with Crippen LogP contribution in [0.2, 0.25) is 0 Å². The van der Waals surface area contributed by atoms with Crippen LogP contribution in [0.3, 0.4) is 0 Å². The maximum Gasteiger partial charge on any atom is 0.349 e. The smallest absolute Gasteiger partial charge is 0.349 e. The van der Waals surface area contributed by atoms with Gasteiger partial charge in [-0.1, -0.05) is 6.07 Å². The van der Waals surface area contributed by atoms with E-state index in [1.165, 1.54) is 13.2 Å². The van der Waals surface area contributed by atoms with Crippen LogP contribution in [0.5, 0.6) is 0 Å². The number of thiophene rings is 1. The molecule has 0 aliphatic heterocycles. The molecule has 0 bridgehead atoms. The highest BCUT2D eigenvalue weighted by molar-refractivity contribution is 7.89. The highest BCUT2D eigenvalue weighted by Gasteiger charge is 2.29. The summed E-state index contributed by atoms with van der Waals surface area (Å²) in [5, 5.41) is 1.57. The summed E-state index contributed by atoms with van der Waals surface area (Å²) in [6.45, 7) is 0. The number of aryl methyl sites for hydroxylation is 1. The standard InChI is InChI=1S/C16H18N2O4S2/c1-22-16(19)15-14(7-8-23-15)24(20,21)18-13-4-2-3-10-9-11(17)5-6-12(10)13/h5-9,13,18H,2-4,17H2,1H3. The number of anilines is 1. The maximum absolute atomic E-state index is 12.7. The zero-order valence-corrected chi connectivity index (χ0v) is 14.7. The van der Waals surface area contributed by atoms with Crippen LogP contribution in [0.15, 0.2) is 34.5 Å². The van der Waals surface area contributed by atoms with E-state index in [-0.39, 0.29) is 15.8 Å². The number of nitrogens with two attached hydrogens (primary N) is 1. The normalized spacial score (nSPS) is 17.3. The number of nitrogen functional groups attached to an aromatic ring is 1. The van der Waals surface area contributed by atoms with Gasteiger partial charge in [-0.3, -0.25) is 0 Å². The van der Waals surface area contributed by atoms with E-state index in [4.69, 9.17) is 5.73 Å². The summed E-state index contributed by atoms with van der Waals surface area (Å²) >= 11 is 1.05. The maximum atomic E-state index is 12.7. The molecule has 2 aromatic rings. The van der Waals surface area contributed by atoms with Crippen LogP contribution in [-0.2, 0) is 21.2 Å². The van der Waals surface area contributed by atoms with Crippen LogP contribution in [0.1, 0.15) is 39.7 Å². The third-order valence-electron chi connectivity index (χ3n) is 4.07. The van der Waals surface area contributed by atoms with Crippen molar-refractivity contribution in [3.05, 3.63) is 45.6 Å². The van der Waals surface area contributed by atoms with Gasteiger partial charge in [-0.2, -0.15) is 0 Å². The third-order valence-corrected chi connectivity index (χ3v) is 6.61. The molecule has 6 nitrogen and oxygen atoms in total. The first-order valence-corrected chi connectivity index (χ1v) is 9.85. The first-order valence-electron chi connectivity index (χ1n) is 7.49. The van der Waals surface area contributed by atoms with E-state index in [1.807, 2.05) is 12.1 Å². The summed E-state index contributed by atoms with van der Waals surface area (Å²) in [6.07, 6.45) is 2.45. The van der Waals surface area contributed by atoms with E-state index >= 15 is 0 Å². The molecule has 0 radical (unpaired) electrons. The van der Waals surface area contributed by atoms with Gasteiger partial charge in [0.25, 0.3) is 0 Å². The first kappa shape index (κ1) is 16.9. The number of methoxy groups -OCH3 is 1. The quantitative estimate of drug-likeness (QED) is 0.640. The van der Waals surface area contributed by atoms with Crippen LogP contribution < -0.4 is 10.5 Å². The first-order chi connectivity index (χ1) is 11.4. The minimum atomic E-state index is -3.83. The number of sulfonamides is 1.